The van der Waals surface area contributed by atoms with Gasteiger partial charge in [0.25, 0.3) is 5.56 Å². The maximum absolute atomic E-state index is 12.7. The molecule has 0 atom stereocenters. The molecule has 0 radical (unpaired) electrons. The number of thiophene rings is 1. The number of aromatic nitrogens is 2. The molecule has 2 aromatic carbocycles. The van der Waals surface area contributed by atoms with Gasteiger partial charge >= 0.3 is 5.97 Å². The molecule has 3 N–H and O–H groups in total. The topological polar surface area (TPSA) is 112 Å². The van der Waals surface area contributed by atoms with Gasteiger partial charge in [-0.1, -0.05) is 41.6 Å². The minimum atomic E-state index is -1.03. The first-order valence-corrected chi connectivity index (χ1v) is 11.1. The molecule has 0 bridgehead atoms. The summed E-state index contributed by atoms with van der Waals surface area (Å²) in [7, 11) is 0. The Morgan fingerprint density at radius 1 is 1.13 bits per heavy atom. The number of aryl methyl sites for hydroxylation is 1. The fraction of sp³-hybridized carbons (Fsp3) is 0.0909. The third-order valence-electron chi connectivity index (χ3n) is 4.54. The van der Waals surface area contributed by atoms with Crippen LogP contribution in [-0.4, -0.2) is 32.7 Å². The average molecular weight is 452 g/mol. The molecule has 4 rings (SSSR count). The largest absolute Gasteiger partial charge is 0.478 e. The van der Waals surface area contributed by atoms with Crippen LogP contribution in [-0.2, 0) is 4.79 Å². The van der Waals surface area contributed by atoms with Crippen molar-refractivity contribution in [1.29, 1.82) is 0 Å². The summed E-state index contributed by atoms with van der Waals surface area (Å²) in [6.45, 7) is 2.01. The van der Waals surface area contributed by atoms with E-state index in [1.807, 2.05) is 36.6 Å². The normalized spacial score (nSPS) is 10.9. The van der Waals surface area contributed by atoms with Crippen LogP contribution in [0.15, 0.2) is 63.9 Å². The lowest BCUT2D eigenvalue weighted by Gasteiger charge is -2.05. The van der Waals surface area contributed by atoms with Crippen molar-refractivity contribution < 1.29 is 14.7 Å². The Morgan fingerprint density at radius 3 is 2.52 bits per heavy atom. The Labute approximate surface area is 185 Å². The number of aromatic amines is 1. The highest BCUT2D eigenvalue weighted by Crippen LogP contribution is 2.31. The van der Waals surface area contributed by atoms with Crippen LogP contribution < -0.4 is 10.9 Å². The van der Waals surface area contributed by atoms with Crippen molar-refractivity contribution in [2.45, 2.75) is 12.1 Å². The van der Waals surface area contributed by atoms with Crippen molar-refractivity contribution in [2.75, 3.05) is 11.1 Å². The molecule has 0 fully saturated rings. The molecule has 0 aliphatic rings. The van der Waals surface area contributed by atoms with Crippen LogP contribution in [0, 0.1) is 6.92 Å². The smallest absolute Gasteiger partial charge is 0.335 e. The number of amides is 1. The van der Waals surface area contributed by atoms with Crippen LogP contribution in [0.25, 0.3) is 21.3 Å². The molecule has 31 heavy (non-hydrogen) atoms. The van der Waals surface area contributed by atoms with Gasteiger partial charge in [-0.15, -0.1) is 11.3 Å². The number of anilines is 1. The molecule has 0 aliphatic carbocycles. The van der Waals surface area contributed by atoms with E-state index in [-0.39, 0.29) is 22.8 Å². The number of hydrogen-bond acceptors (Lipinski definition) is 6. The van der Waals surface area contributed by atoms with E-state index in [0.717, 1.165) is 28.5 Å². The van der Waals surface area contributed by atoms with Gasteiger partial charge in [0.1, 0.15) is 4.83 Å². The molecule has 0 spiro atoms. The molecule has 0 saturated carbocycles. The van der Waals surface area contributed by atoms with Crippen LogP contribution in [0.1, 0.15) is 15.9 Å². The van der Waals surface area contributed by atoms with Gasteiger partial charge in [0, 0.05) is 16.6 Å². The van der Waals surface area contributed by atoms with Crippen LogP contribution in [0.5, 0.6) is 0 Å². The lowest BCUT2D eigenvalue weighted by atomic mass is 10.1. The second-order valence-corrected chi connectivity index (χ2v) is 8.61. The first-order valence-electron chi connectivity index (χ1n) is 9.25. The third-order valence-corrected chi connectivity index (χ3v) is 6.29. The van der Waals surface area contributed by atoms with Crippen LogP contribution in [0.2, 0.25) is 0 Å². The van der Waals surface area contributed by atoms with E-state index in [1.165, 1.54) is 35.6 Å². The highest BCUT2D eigenvalue weighted by atomic mass is 32.2. The highest BCUT2D eigenvalue weighted by Gasteiger charge is 2.14. The zero-order chi connectivity index (χ0) is 22.0. The Kier molecular flexibility index (Phi) is 5.88. The van der Waals surface area contributed by atoms with Crippen molar-refractivity contribution in [1.82, 2.24) is 9.97 Å². The van der Waals surface area contributed by atoms with E-state index in [4.69, 9.17) is 5.11 Å². The van der Waals surface area contributed by atoms with E-state index in [0.29, 0.717) is 21.1 Å². The zero-order valence-corrected chi connectivity index (χ0v) is 18.0. The number of carbonyl (C=O) groups is 2. The minimum absolute atomic E-state index is 0.0469. The molecule has 1 amide bonds. The number of nitrogens with one attached hydrogen (secondary N) is 2. The third kappa shape index (κ3) is 4.68. The average Bonchev–Trinajstić information content (AvgIpc) is 3.18. The number of fused-ring (bicyclic) bond motifs is 1. The number of hydrogen-bond donors (Lipinski definition) is 3. The predicted octanol–water partition coefficient (Wildman–Crippen LogP) is 4.39. The van der Waals surface area contributed by atoms with Gasteiger partial charge < -0.3 is 15.4 Å². The molecule has 0 aliphatic heterocycles. The summed E-state index contributed by atoms with van der Waals surface area (Å²) in [5, 5.41) is 14.4. The van der Waals surface area contributed by atoms with E-state index < -0.39 is 5.97 Å². The van der Waals surface area contributed by atoms with Gasteiger partial charge in [-0.3, -0.25) is 9.59 Å². The number of thioether (sulfide) groups is 1. The SMILES string of the molecule is Cc1ccc(-c2csc3nc(SCC(=O)Nc4ccc(C(=O)O)cc4)[nH]c(=O)c23)cc1. The van der Waals surface area contributed by atoms with Gasteiger partial charge in [-0.05, 0) is 36.8 Å². The Morgan fingerprint density at radius 2 is 1.84 bits per heavy atom. The number of carboxylic acids is 1. The van der Waals surface area contributed by atoms with Crippen LogP contribution >= 0.6 is 23.1 Å². The van der Waals surface area contributed by atoms with Gasteiger partial charge in [0.2, 0.25) is 5.91 Å². The molecule has 2 heterocycles. The summed E-state index contributed by atoms with van der Waals surface area (Å²) in [5.41, 5.74) is 3.33. The summed E-state index contributed by atoms with van der Waals surface area (Å²) in [6.07, 6.45) is 0. The fourth-order valence-electron chi connectivity index (χ4n) is 2.97. The molecule has 2 aromatic heterocycles. The number of nitrogens with zero attached hydrogens (tertiary/aromatic N) is 1. The van der Waals surface area contributed by atoms with Crippen LogP contribution in [0.3, 0.4) is 0 Å². The molecular weight excluding hydrogens is 434 g/mol. The van der Waals surface area contributed by atoms with Crippen molar-refractivity contribution in [3.05, 3.63) is 75.4 Å². The summed E-state index contributed by atoms with van der Waals surface area (Å²) < 4.78 is 0. The van der Waals surface area contributed by atoms with Crippen molar-refractivity contribution >= 4 is 50.9 Å². The molecule has 7 nitrogen and oxygen atoms in total. The highest BCUT2D eigenvalue weighted by molar-refractivity contribution is 7.99. The second-order valence-electron chi connectivity index (χ2n) is 6.79. The molecule has 0 unspecified atom stereocenters. The molecule has 156 valence electrons. The van der Waals surface area contributed by atoms with E-state index in [1.54, 1.807) is 0 Å². The monoisotopic (exact) mass is 451 g/mol. The van der Waals surface area contributed by atoms with E-state index in [9.17, 15) is 14.4 Å². The fourth-order valence-corrected chi connectivity index (χ4v) is 4.64. The molecular formula is C22H17N3O4S2. The minimum Gasteiger partial charge on any atom is -0.478 e. The molecule has 4 aromatic rings. The van der Waals surface area contributed by atoms with Gasteiger partial charge in [0.05, 0.1) is 16.7 Å². The maximum atomic E-state index is 12.7. The van der Waals surface area contributed by atoms with Crippen molar-refractivity contribution in [3.63, 3.8) is 0 Å². The number of rotatable bonds is 6. The lowest BCUT2D eigenvalue weighted by molar-refractivity contribution is -0.113. The van der Waals surface area contributed by atoms with Gasteiger partial charge in [0.15, 0.2) is 5.16 Å². The second kappa shape index (κ2) is 8.75. The number of aromatic carboxylic acids is 1. The number of carbonyl (C=O) groups excluding carboxylic acids is 1. The number of benzene rings is 2. The van der Waals surface area contributed by atoms with Crippen molar-refractivity contribution in [2.24, 2.45) is 0 Å². The summed E-state index contributed by atoms with van der Waals surface area (Å²) >= 11 is 2.51. The standard InChI is InChI=1S/C22H17N3O4S2/c1-12-2-4-13(5-3-12)16-10-30-20-18(16)19(27)24-22(25-20)31-11-17(26)23-15-8-6-14(7-9-15)21(28)29/h2-10H,11H2,1H3,(H,23,26)(H,28,29)(H,24,25,27). The van der Waals surface area contributed by atoms with E-state index in [2.05, 4.69) is 15.3 Å². The Hall–Kier alpha value is -3.43. The maximum Gasteiger partial charge on any atom is 0.335 e. The summed E-state index contributed by atoms with van der Waals surface area (Å²) in [5.74, 6) is -1.27. The Bertz CT molecular complexity index is 1330. The molecule has 9 heteroatoms. The zero-order valence-electron chi connectivity index (χ0n) is 16.3. The first kappa shape index (κ1) is 20.8. The predicted molar refractivity (Wildman–Crippen MR) is 123 cm³/mol. The summed E-state index contributed by atoms with van der Waals surface area (Å²) in [4.78, 5) is 43.6. The molecule has 0 saturated heterocycles. The quantitative estimate of drug-likeness (QED) is 0.296. The van der Waals surface area contributed by atoms with Gasteiger partial charge in [-0.25, -0.2) is 9.78 Å². The first-order chi connectivity index (χ1) is 14.9. The van der Waals surface area contributed by atoms with Gasteiger partial charge in [-0.2, -0.15) is 0 Å². The van der Waals surface area contributed by atoms with E-state index >= 15 is 0 Å². The number of carboxylic acid groups (broad SMARTS) is 1. The lowest BCUT2D eigenvalue weighted by Crippen LogP contribution is -2.15. The summed E-state index contributed by atoms with van der Waals surface area (Å²) in [6, 6.07) is 13.8. The number of H-pyrrole nitrogens is 1. The van der Waals surface area contributed by atoms with Crippen LogP contribution in [0.4, 0.5) is 5.69 Å². The van der Waals surface area contributed by atoms with Crippen molar-refractivity contribution in [3.8, 4) is 11.1 Å². The Balaban J connectivity index is 1.46.